The molecule has 0 spiro atoms. The second-order valence-electron chi connectivity index (χ2n) is 3.71. The zero-order valence-electron chi connectivity index (χ0n) is 8.42. The van der Waals surface area contributed by atoms with Crippen LogP contribution in [0.5, 0.6) is 0 Å². The van der Waals surface area contributed by atoms with Gasteiger partial charge in [0.25, 0.3) is 0 Å². The van der Waals surface area contributed by atoms with Crippen molar-refractivity contribution in [2.24, 2.45) is 0 Å². The van der Waals surface area contributed by atoms with Crippen LogP contribution in [0.25, 0.3) is 11.4 Å². The average molecular weight is 217 g/mol. The molecule has 4 heteroatoms. The number of hydrogen-bond donors (Lipinski definition) is 0. The molecule has 0 N–H and O–H groups in total. The molecule has 3 rings (SSSR count). The first-order valence-electron chi connectivity index (χ1n) is 5.00. The van der Waals surface area contributed by atoms with E-state index in [1.54, 1.807) is 11.8 Å². The quantitative estimate of drug-likeness (QED) is 0.735. The van der Waals surface area contributed by atoms with Crippen molar-refractivity contribution in [2.75, 3.05) is 0 Å². The zero-order chi connectivity index (χ0) is 10.3. The Hall–Kier alpha value is -1.29. The summed E-state index contributed by atoms with van der Waals surface area (Å²) < 4.78 is 2.20. The van der Waals surface area contributed by atoms with Gasteiger partial charge in [-0.25, -0.2) is 0 Å². The number of aromatic nitrogens is 3. The predicted octanol–water partition coefficient (Wildman–Crippen LogP) is 2.44. The fourth-order valence-corrected chi connectivity index (χ4v) is 2.78. The highest BCUT2D eigenvalue weighted by Crippen LogP contribution is 2.33. The first-order valence-corrected chi connectivity index (χ1v) is 5.88. The molecule has 15 heavy (non-hydrogen) atoms. The maximum Gasteiger partial charge on any atom is 0.191 e. The van der Waals surface area contributed by atoms with Gasteiger partial charge in [-0.05, 0) is 0 Å². The molecule has 0 bridgehead atoms. The van der Waals surface area contributed by atoms with Gasteiger partial charge in [-0.2, -0.15) is 0 Å². The molecule has 1 aliphatic rings. The summed E-state index contributed by atoms with van der Waals surface area (Å²) in [5.41, 5.74) is 1.14. The topological polar surface area (TPSA) is 30.7 Å². The number of fused-ring (bicyclic) bond motifs is 1. The molecule has 1 atom stereocenters. The summed E-state index contributed by atoms with van der Waals surface area (Å²) in [6, 6.07) is 10.2. The molecule has 2 aromatic rings. The minimum Gasteiger partial charge on any atom is -0.301 e. The van der Waals surface area contributed by atoms with Gasteiger partial charge in [0.2, 0.25) is 0 Å². The number of rotatable bonds is 1. The molecular formula is C11H11N3S. The Bertz CT molecular complexity index is 478. The molecule has 1 aromatic carbocycles. The molecule has 0 aliphatic carbocycles. The lowest BCUT2D eigenvalue weighted by Gasteiger charge is -2.02. The van der Waals surface area contributed by atoms with Crippen LogP contribution in [0.3, 0.4) is 0 Å². The van der Waals surface area contributed by atoms with Gasteiger partial charge in [0.05, 0.1) is 0 Å². The first kappa shape index (κ1) is 8.97. The van der Waals surface area contributed by atoms with E-state index >= 15 is 0 Å². The number of nitrogens with zero attached hydrogens (tertiary/aromatic N) is 3. The monoisotopic (exact) mass is 217 g/mol. The lowest BCUT2D eigenvalue weighted by Crippen LogP contribution is -2.02. The molecule has 76 valence electrons. The molecule has 2 heterocycles. The summed E-state index contributed by atoms with van der Waals surface area (Å²) in [5.74, 6) is 0.988. The lowest BCUT2D eigenvalue weighted by molar-refractivity contribution is 0.675. The van der Waals surface area contributed by atoms with Crippen molar-refractivity contribution in [1.29, 1.82) is 0 Å². The Labute approximate surface area is 92.5 Å². The zero-order valence-corrected chi connectivity index (χ0v) is 9.24. The second kappa shape index (κ2) is 3.38. The Morgan fingerprint density at radius 2 is 2.07 bits per heavy atom. The third-order valence-electron chi connectivity index (χ3n) is 2.50. The van der Waals surface area contributed by atoms with E-state index < -0.39 is 0 Å². The Morgan fingerprint density at radius 3 is 2.87 bits per heavy atom. The van der Waals surface area contributed by atoms with Crippen LogP contribution >= 0.6 is 11.8 Å². The number of thioether (sulfide) groups is 1. The van der Waals surface area contributed by atoms with Crippen molar-refractivity contribution in [3.8, 4) is 11.4 Å². The van der Waals surface area contributed by atoms with Crippen molar-refractivity contribution in [3.05, 3.63) is 30.3 Å². The van der Waals surface area contributed by atoms with Crippen LogP contribution in [-0.2, 0) is 6.54 Å². The summed E-state index contributed by atoms with van der Waals surface area (Å²) in [6.07, 6.45) is 0. The molecule has 1 unspecified atom stereocenters. The van der Waals surface area contributed by atoms with Gasteiger partial charge in [0.1, 0.15) is 0 Å². The number of hydrogen-bond acceptors (Lipinski definition) is 3. The van der Waals surface area contributed by atoms with Crippen molar-refractivity contribution >= 4 is 11.8 Å². The predicted molar refractivity (Wildman–Crippen MR) is 60.8 cm³/mol. The summed E-state index contributed by atoms with van der Waals surface area (Å²) >= 11 is 1.80. The Kier molecular flexibility index (Phi) is 2.02. The van der Waals surface area contributed by atoms with Crippen LogP contribution in [0.15, 0.2) is 35.5 Å². The highest BCUT2D eigenvalue weighted by atomic mass is 32.2. The highest BCUT2D eigenvalue weighted by Gasteiger charge is 2.23. The van der Waals surface area contributed by atoms with Crippen LogP contribution in [0.2, 0.25) is 0 Å². The standard InChI is InChI=1S/C11H11N3S/c1-8-7-14-10(12-13-11(14)15-8)9-5-3-2-4-6-9/h2-6,8H,7H2,1H3. The van der Waals surface area contributed by atoms with E-state index in [-0.39, 0.29) is 0 Å². The van der Waals surface area contributed by atoms with E-state index in [1.165, 1.54) is 0 Å². The fourth-order valence-electron chi connectivity index (χ4n) is 1.82. The summed E-state index contributed by atoms with van der Waals surface area (Å²) in [6.45, 7) is 3.23. The number of benzene rings is 1. The molecule has 0 amide bonds. The van der Waals surface area contributed by atoms with E-state index in [1.807, 2.05) is 18.2 Å². The normalized spacial score (nSPS) is 19.1. The van der Waals surface area contributed by atoms with Gasteiger partial charge in [0.15, 0.2) is 11.0 Å². The minimum absolute atomic E-state index is 0.609. The fraction of sp³-hybridized carbons (Fsp3) is 0.273. The van der Waals surface area contributed by atoms with E-state index in [2.05, 4.69) is 33.8 Å². The minimum atomic E-state index is 0.609. The van der Waals surface area contributed by atoms with Gasteiger partial charge in [-0.1, -0.05) is 49.0 Å². The van der Waals surface area contributed by atoms with Crippen molar-refractivity contribution in [2.45, 2.75) is 23.9 Å². The molecule has 0 radical (unpaired) electrons. The average Bonchev–Trinajstić information content (AvgIpc) is 2.77. The molecule has 1 aromatic heterocycles. The molecular weight excluding hydrogens is 206 g/mol. The first-order chi connectivity index (χ1) is 7.34. The highest BCUT2D eigenvalue weighted by molar-refractivity contribution is 7.99. The third-order valence-corrected chi connectivity index (χ3v) is 3.56. The third kappa shape index (κ3) is 1.45. The maximum atomic E-state index is 4.23. The van der Waals surface area contributed by atoms with Crippen LogP contribution in [0.4, 0.5) is 0 Å². The van der Waals surface area contributed by atoms with Crippen molar-refractivity contribution in [1.82, 2.24) is 14.8 Å². The van der Waals surface area contributed by atoms with E-state index in [0.29, 0.717) is 5.25 Å². The molecule has 1 aliphatic heterocycles. The smallest absolute Gasteiger partial charge is 0.191 e. The van der Waals surface area contributed by atoms with E-state index in [0.717, 1.165) is 23.1 Å². The summed E-state index contributed by atoms with van der Waals surface area (Å²) in [7, 11) is 0. The lowest BCUT2D eigenvalue weighted by atomic mass is 10.2. The Morgan fingerprint density at radius 1 is 1.27 bits per heavy atom. The van der Waals surface area contributed by atoms with Gasteiger partial charge < -0.3 is 4.57 Å². The summed E-state index contributed by atoms with van der Waals surface area (Å²) in [5, 5.41) is 10.1. The van der Waals surface area contributed by atoms with E-state index in [9.17, 15) is 0 Å². The van der Waals surface area contributed by atoms with Gasteiger partial charge in [-0.15, -0.1) is 10.2 Å². The van der Waals surface area contributed by atoms with Crippen LogP contribution < -0.4 is 0 Å². The molecule has 0 fully saturated rings. The SMILES string of the molecule is CC1Cn2c(nnc2-c2ccccc2)S1. The van der Waals surface area contributed by atoms with E-state index in [4.69, 9.17) is 0 Å². The maximum absolute atomic E-state index is 4.23. The van der Waals surface area contributed by atoms with Crippen LogP contribution in [0.1, 0.15) is 6.92 Å². The Balaban J connectivity index is 2.08. The molecule has 0 saturated carbocycles. The van der Waals surface area contributed by atoms with Crippen LogP contribution in [0, 0.1) is 0 Å². The van der Waals surface area contributed by atoms with Gasteiger partial charge in [-0.3, -0.25) is 0 Å². The van der Waals surface area contributed by atoms with Crippen molar-refractivity contribution < 1.29 is 0 Å². The largest absolute Gasteiger partial charge is 0.301 e. The van der Waals surface area contributed by atoms with Gasteiger partial charge >= 0.3 is 0 Å². The van der Waals surface area contributed by atoms with Crippen LogP contribution in [-0.4, -0.2) is 20.0 Å². The van der Waals surface area contributed by atoms with Crippen molar-refractivity contribution in [3.63, 3.8) is 0 Å². The second-order valence-corrected chi connectivity index (χ2v) is 5.12. The van der Waals surface area contributed by atoms with Gasteiger partial charge in [0, 0.05) is 17.4 Å². The molecule has 0 saturated heterocycles. The molecule has 3 nitrogen and oxygen atoms in total. The summed E-state index contributed by atoms with van der Waals surface area (Å²) in [4.78, 5) is 0.